The molecule has 1 aromatic heterocycles. The van der Waals surface area contributed by atoms with E-state index in [1.54, 1.807) is 0 Å². The van der Waals surface area contributed by atoms with Crippen molar-refractivity contribution in [2.24, 2.45) is 0 Å². The summed E-state index contributed by atoms with van der Waals surface area (Å²) in [5.41, 5.74) is -2.43. The Morgan fingerprint density at radius 1 is 0.966 bits per heavy atom. The number of H-pyrrole nitrogens is 1. The van der Waals surface area contributed by atoms with Crippen molar-refractivity contribution < 1.29 is 31.1 Å². The number of nitrogens with zero attached hydrogens (tertiary/aromatic N) is 1. The van der Waals surface area contributed by atoms with Gasteiger partial charge in [-0.25, -0.2) is 17.8 Å². The second-order valence-corrected chi connectivity index (χ2v) is 8.70. The van der Waals surface area contributed by atoms with Crippen molar-refractivity contribution in [3.05, 3.63) is 60.2 Å². The molecule has 0 radical (unpaired) electrons. The monoisotopic (exact) mass is 428 g/mol. The lowest BCUT2D eigenvalue weighted by Gasteiger charge is -2.23. The molecule has 0 aliphatic heterocycles. The minimum atomic E-state index is -5.00. The molecule has 3 rings (SSSR count). The van der Waals surface area contributed by atoms with E-state index >= 15 is 0 Å². The molecule has 0 aliphatic rings. The first-order chi connectivity index (χ1) is 13.3. The van der Waals surface area contributed by atoms with Gasteiger partial charge in [0, 0.05) is 17.4 Å². The van der Waals surface area contributed by atoms with E-state index in [0.29, 0.717) is 18.1 Å². The predicted octanol–water partition coefficient (Wildman–Crippen LogP) is 4.06. The third kappa shape index (κ3) is 4.03. The lowest BCUT2D eigenvalue weighted by Crippen LogP contribution is -2.40. The highest BCUT2D eigenvalue weighted by atomic mass is 32.2. The molecule has 154 valence electrons. The summed E-state index contributed by atoms with van der Waals surface area (Å²) < 4.78 is 76.4. The molecule has 29 heavy (non-hydrogen) atoms. The first-order valence-corrected chi connectivity index (χ1v) is 10.2. The number of hydrogen-bond donors (Lipinski definition) is 2. The van der Waals surface area contributed by atoms with Crippen LogP contribution in [0, 0.1) is 5.82 Å². The lowest BCUT2D eigenvalue weighted by molar-refractivity contribution is -0.261. The zero-order chi connectivity index (χ0) is 21.6. The molecule has 0 spiro atoms. The van der Waals surface area contributed by atoms with Crippen LogP contribution in [0.3, 0.4) is 0 Å². The molecule has 1 heterocycles. The Hall–Kier alpha value is -2.72. The standard InChI is InChI=1S/C19H16F4N2O3S/c1-18(26,19(21,22)23)17-24-15(11-3-7-13(20)8-4-11)16(25-17)12-5-9-14(10-6-12)29(2,27)28/h3-10,26H,1-2H3,(H,24,25). The average molecular weight is 428 g/mol. The van der Waals surface area contributed by atoms with Crippen LogP contribution in [-0.2, 0) is 15.4 Å². The number of alkyl halides is 3. The summed E-state index contributed by atoms with van der Waals surface area (Å²) in [6.07, 6.45) is -3.97. The van der Waals surface area contributed by atoms with E-state index in [9.17, 15) is 31.1 Å². The van der Waals surface area contributed by atoms with Crippen molar-refractivity contribution >= 4 is 9.84 Å². The first-order valence-electron chi connectivity index (χ1n) is 8.27. The van der Waals surface area contributed by atoms with E-state index in [0.717, 1.165) is 18.4 Å². The van der Waals surface area contributed by atoms with Crippen LogP contribution in [0.25, 0.3) is 22.5 Å². The Morgan fingerprint density at radius 3 is 1.97 bits per heavy atom. The van der Waals surface area contributed by atoms with E-state index in [4.69, 9.17) is 0 Å². The fourth-order valence-electron chi connectivity index (χ4n) is 2.63. The van der Waals surface area contributed by atoms with E-state index in [1.807, 2.05) is 0 Å². The molecule has 10 heteroatoms. The minimum Gasteiger partial charge on any atom is -0.374 e. The molecule has 0 bridgehead atoms. The van der Waals surface area contributed by atoms with Crippen LogP contribution in [0.1, 0.15) is 12.7 Å². The van der Waals surface area contributed by atoms with E-state index in [-0.39, 0.29) is 16.3 Å². The van der Waals surface area contributed by atoms with Crippen molar-refractivity contribution in [2.75, 3.05) is 6.26 Å². The van der Waals surface area contributed by atoms with Crippen LogP contribution in [0.15, 0.2) is 53.4 Å². The summed E-state index contributed by atoms with van der Waals surface area (Å²) in [6.45, 7) is 0.566. The number of halogens is 4. The number of hydrogen-bond acceptors (Lipinski definition) is 4. The first kappa shape index (κ1) is 21.0. The Bertz CT molecular complexity index is 1130. The third-order valence-electron chi connectivity index (χ3n) is 4.41. The molecule has 0 aliphatic carbocycles. The maximum absolute atomic E-state index is 13.3. The second-order valence-electron chi connectivity index (χ2n) is 6.68. The number of aromatic nitrogens is 2. The second kappa shape index (κ2) is 6.96. The van der Waals surface area contributed by atoms with E-state index in [2.05, 4.69) is 9.97 Å². The van der Waals surface area contributed by atoms with Crippen LogP contribution < -0.4 is 0 Å². The predicted molar refractivity (Wildman–Crippen MR) is 98.2 cm³/mol. The Labute approximate surface area is 164 Å². The molecule has 0 saturated carbocycles. The summed E-state index contributed by atoms with van der Waals surface area (Å²) in [5, 5.41) is 9.99. The molecule has 5 nitrogen and oxygen atoms in total. The number of benzene rings is 2. The SMILES string of the molecule is CC(O)(c1nc(-c2ccc(F)cc2)c(-c2ccc(S(C)(=O)=O)cc2)[nH]1)C(F)(F)F. The molecule has 1 atom stereocenters. The fourth-order valence-corrected chi connectivity index (χ4v) is 3.26. The Kier molecular flexibility index (Phi) is 5.04. The van der Waals surface area contributed by atoms with Crippen LogP contribution in [0.4, 0.5) is 17.6 Å². The molecule has 3 aromatic rings. The zero-order valence-electron chi connectivity index (χ0n) is 15.2. The number of imidazole rings is 1. The van der Waals surface area contributed by atoms with Crippen LogP contribution >= 0.6 is 0 Å². The fraction of sp³-hybridized carbons (Fsp3) is 0.211. The molecule has 2 N–H and O–H groups in total. The van der Waals surface area contributed by atoms with Crippen LogP contribution in [-0.4, -0.2) is 35.9 Å². The van der Waals surface area contributed by atoms with Crippen molar-refractivity contribution in [3.63, 3.8) is 0 Å². The lowest BCUT2D eigenvalue weighted by atomic mass is 10.1. The van der Waals surface area contributed by atoms with Crippen molar-refractivity contribution in [1.82, 2.24) is 9.97 Å². The third-order valence-corrected chi connectivity index (χ3v) is 5.53. The van der Waals surface area contributed by atoms with Crippen molar-refractivity contribution in [1.29, 1.82) is 0 Å². The highest BCUT2D eigenvalue weighted by molar-refractivity contribution is 7.90. The summed E-state index contributed by atoms with van der Waals surface area (Å²) in [4.78, 5) is 6.46. The van der Waals surface area contributed by atoms with E-state index < -0.39 is 33.3 Å². The number of aliphatic hydroxyl groups is 1. The number of sulfone groups is 1. The number of nitrogens with one attached hydrogen (secondary N) is 1. The molecular formula is C19H16F4N2O3S. The highest BCUT2D eigenvalue weighted by Crippen LogP contribution is 2.40. The maximum atomic E-state index is 13.3. The summed E-state index contributed by atoms with van der Waals surface area (Å²) in [5.74, 6) is -1.28. The zero-order valence-corrected chi connectivity index (χ0v) is 16.1. The van der Waals surface area contributed by atoms with Crippen LogP contribution in [0.5, 0.6) is 0 Å². The molecule has 0 amide bonds. The summed E-state index contributed by atoms with van der Waals surface area (Å²) in [7, 11) is -3.46. The molecule has 0 saturated heterocycles. The van der Waals surface area contributed by atoms with Gasteiger partial charge in [-0.3, -0.25) is 0 Å². The van der Waals surface area contributed by atoms with Gasteiger partial charge in [0.25, 0.3) is 0 Å². The summed E-state index contributed by atoms with van der Waals surface area (Å²) >= 11 is 0. The molecule has 0 fully saturated rings. The number of rotatable bonds is 4. The quantitative estimate of drug-likeness (QED) is 0.614. The largest absolute Gasteiger partial charge is 0.424 e. The normalized spacial score (nSPS) is 14.6. The maximum Gasteiger partial charge on any atom is 0.424 e. The van der Waals surface area contributed by atoms with Gasteiger partial charge in [-0.15, -0.1) is 0 Å². The van der Waals surface area contributed by atoms with Crippen LogP contribution in [0.2, 0.25) is 0 Å². The van der Waals surface area contributed by atoms with Crippen molar-refractivity contribution in [3.8, 4) is 22.5 Å². The van der Waals surface area contributed by atoms with Gasteiger partial charge in [0.1, 0.15) is 11.6 Å². The topological polar surface area (TPSA) is 83.1 Å². The van der Waals surface area contributed by atoms with Crippen molar-refractivity contribution in [2.45, 2.75) is 23.6 Å². The molecule has 1 unspecified atom stereocenters. The highest BCUT2D eigenvalue weighted by Gasteiger charge is 2.53. The molecular weight excluding hydrogens is 412 g/mol. The van der Waals surface area contributed by atoms with E-state index in [1.165, 1.54) is 36.4 Å². The molecule has 2 aromatic carbocycles. The van der Waals surface area contributed by atoms with Gasteiger partial charge < -0.3 is 10.1 Å². The Morgan fingerprint density at radius 2 is 1.48 bits per heavy atom. The van der Waals surface area contributed by atoms with Gasteiger partial charge in [-0.1, -0.05) is 12.1 Å². The van der Waals surface area contributed by atoms with Gasteiger partial charge in [0.15, 0.2) is 9.84 Å². The summed E-state index contributed by atoms with van der Waals surface area (Å²) in [6, 6.07) is 10.4. The van der Waals surface area contributed by atoms with Gasteiger partial charge >= 0.3 is 6.18 Å². The smallest absolute Gasteiger partial charge is 0.374 e. The van der Waals surface area contributed by atoms with Gasteiger partial charge in [0.2, 0.25) is 5.60 Å². The average Bonchev–Trinajstić information content (AvgIpc) is 3.07. The number of aromatic amines is 1. The van der Waals surface area contributed by atoms with Gasteiger partial charge in [0.05, 0.1) is 16.3 Å². The Balaban J connectivity index is 2.20. The van der Waals surface area contributed by atoms with Gasteiger partial charge in [-0.2, -0.15) is 13.2 Å². The minimum absolute atomic E-state index is 0.0339. The van der Waals surface area contributed by atoms with Gasteiger partial charge in [-0.05, 0) is 43.3 Å².